The van der Waals surface area contributed by atoms with Crippen LogP contribution in [0.1, 0.15) is 25.7 Å². The van der Waals surface area contributed by atoms with Crippen molar-refractivity contribution in [2.75, 3.05) is 43.9 Å². The normalized spacial score (nSPS) is 23.1. The van der Waals surface area contributed by atoms with Crippen molar-refractivity contribution in [3.05, 3.63) is 24.3 Å². The van der Waals surface area contributed by atoms with E-state index in [1.165, 1.54) is 57.5 Å². The summed E-state index contributed by atoms with van der Waals surface area (Å²) in [7, 11) is 2.25. The highest BCUT2D eigenvalue weighted by molar-refractivity contribution is 5.53. The molecule has 3 nitrogen and oxygen atoms in total. The molecule has 110 valence electrons. The Morgan fingerprint density at radius 3 is 1.90 bits per heavy atom. The van der Waals surface area contributed by atoms with Gasteiger partial charge in [0.15, 0.2) is 0 Å². The van der Waals surface area contributed by atoms with E-state index in [9.17, 15) is 0 Å². The molecular weight excluding hydrogens is 246 g/mol. The Balaban J connectivity index is 1.53. The lowest BCUT2D eigenvalue weighted by Gasteiger charge is -2.40. The minimum atomic E-state index is 0.856. The number of hydrogen-bond donors (Lipinski definition) is 1. The molecule has 0 amide bonds. The number of anilines is 2. The van der Waals surface area contributed by atoms with Crippen molar-refractivity contribution in [2.45, 2.75) is 25.7 Å². The first kappa shape index (κ1) is 13.7. The van der Waals surface area contributed by atoms with Crippen molar-refractivity contribution in [1.82, 2.24) is 4.90 Å². The third-order valence-corrected chi connectivity index (χ3v) is 5.23. The van der Waals surface area contributed by atoms with E-state index in [0.29, 0.717) is 0 Å². The van der Waals surface area contributed by atoms with Crippen LogP contribution in [0.25, 0.3) is 0 Å². The Morgan fingerprint density at radius 1 is 0.850 bits per heavy atom. The second-order valence-electron chi connectivity index (χ2n) is 6.56. The van der Waals surface area contributed by atoms with E-state index in [2.05, 4.69) is 29.0 Å². The van der Waals surface area contributed by atoms with Crippen molar-refractivity contribution in [3.8, 4) is 0 Å². The van der Waals surface area contributed by atoms with Gasteiger partial charge in [-0.25, -0.2) is 0 Å². The standard InChI is InChI=1S/C17H27N3/c1-19-10-6-14(7-11-19)15-8-12-20(13-9-15)17-4-2-16(18)3-5-17/h2-5,14-15H,6-13,18H2,1H3. The van der Waals surface area contributed by atoms with E-state index >= 15 is 0 Å². The minimum absolute atomic E-state index is 0.856. The fourth-order valence-electron chi connectivity index (χ4n) is 3.81. The molecule has 2 N–H and O–H groups in total. The number of nitrogens with two attached hydrogens (primary N) is 1. The molecule has 2 fully saturated rings. The summed E-state index contributed by atoms with van der Waals surface area (Å²) in [4.78, 5) is 4.99. The number of rotatable bonds is 2. The molecule has 0 atom stereocenters. The predicted molar refractivity (Wildman–Crippen MR) is 86.0 cm³/mol. The lowest BCUT2D eigenvalue weighted by atomic mass is 9.79. The third kappa shape index (κ3) is 3.09. The largest absolute Gasteiger partial charge is 0.399 e. The van der Waals surface area contributed by atoms with E-state index in [4.69, 9.17) is 5.73 Å². The van der Waals surface area contributed by atoms with Crippen molar-refractivity contribution >= 4 is 11.4 Å². The van der Waals surface area contributed by atoms with Crippen LogP contribution < -0.4 is 10.6 Å². The summed E-state index contributed by atoms with van der Waals surface area (Å²) in [5.74, 6) is 1.92. The van der Waals surface area contributed by atoms with Gasteiger partial charge in [-0.1, -0.05) is 0 Å². The van der Waals surface area contributed by atoms with Gasteiger partial charge in [-0.15, -0.1) is 0 Å². The van der Waals surface area contributed by atoms with Crippen LogP contribution in [0.4, 0.5) is 11.4 Å². The van der Waals surface area contributed by atoms with Gasteiger partial charge in [0.2, 0.25) is 0 Å². The fraction of sp³-hybridized carbons (Fsp3) is 0.647. The van der Waals surface area contributed by atoms with Crippen LogP contribution in [0.5, 0.6) is 0 Å². The maximum absolute atomic E-state index is 5.76. The molecule has 3 heteroatoms. The van der Waals surface area contributed by atoms with Crippen molar-refractivity contribution in [3.63, 3.8) is 0 Å². The van der Waals surface area contributed by atoms with Crippen LogP contribution >= 0.6 is 0 Å². The average molecular weight is 273 g/mol. The maximum atomic E-state index is 5.76. The summed E-state index contributed by atoms with van der Waals surface area (Å²) in [6, 6.07) is 8.34. The summed E-state index contributed by atoms with van der Waals surface area (Å²) < 4.78 is 0. The molecule has 0 bridgehead atoms. The van der Waals surface area contributed by atoms with E-state index < -0.39 is 0 Å². The monoisotopic (exact) mass is 273 g/mol. The van der Waals surface area contributed by atoms with Crippen LogP contribution in [-0.2, 0) is 0 Å². The van der Waals surface area contributed by atoms with Crippen LogP contribution in [-0.4, -0.2) is 38.1 Å². The minimum Gasteiger partial charge on any atom is -0.399 e. The Hall–Kier alpha value is -1.22. The van der Waals surface area contributed by atoms with Crippen molar-refractivity contribution in [2.24, 2.45) is 11.8 Å². The number of hydrogen-bond acceptors (Lipinski definition) is 3. The van der Waals surface area contributed by atoms with Crippen LogP contribution in [0.2, 0.25) is 0 Å². The van der Waals surface area contributed by atoms with Gasteiger partial charge in [-0.05, 0) is 81.9 Å². The van der Waals surface area contributed by atoms with Crippen molar-refractivity contribution in [1.29, 1.82) is 0 Å². The molecule has 0 aliphatic carbocycles. The molecule has 20 heavy (non-hydrogen) atoms. The number of benzene rings is 1. The summed E-state index contributed by atoms with van der Waals surface area (Å²) in [6.07, 6.45) is 5.53. The Kier molecular flexibility index (Phi) is 4.16. The van der Waals surface area contributed by atoms with Gasteiger partial charge in [0.25, 0.3) is 0 Å². The van der Waals surface area contributed by atoms with E-state index in [-0.39, 0.29) is 0 Å². The molecule has 2 heterocycles. The highest BCUT2D eigenvalue weighted by Gasteiger charge is 2.28. The average Bonchev–Trinajstić information content (AvgIpc) is 2.49. The van der Waals surface area contributed by atoms with Gasteiger partial charge in [0.05, 0.1) is 0 Å². The molecule has 0 spiro atoms. The molecule has 0 aromatic heterocycles. The number of nitrogens with zero attached hydrogens (tertiary/aromatic N) is 2. The van der Waals surface area contributed by atoms with Gasteiger partial charge in [-0.3, -0.25) is 0 Å². The maximum Gasteiger partial charge on any atom is 0.0367 e. The second-order valence-corrected chi connectivity index (χ2v) is 6.56. The zero-order valence-corrected chi connectivity index (χ0v) is 12.6. The van der Waals surface area contributed by atoms with Gasteiger partial charge in [-0.2, -0.15) is 0 Å². The first-order valence-electron chi connectivity index (χ1n) is 8.01. The first-order valence-corrected chi connectivity index (χ1v) is 8.01. The smallest absolute Gasteiger partial charge is 0.0367 e. The SMILES string of the molecule is CN1CCC(C2CCN(c3ccc(N)cc3)CC2)CC1. The highest BCUT2D eigenvalue weighted by atomic mass is 15.1. The molecule has 1 aromatic carbocycles. The van der Waals surface area contributed by atoms with Crippen LogP contribution in [0.15, 0.2) is 24.3 Å². The fourth-order valence-corrected chi connectivity index (χ4v) is 3.81. The topological polar surface area (TPSA) is 32.5 Å². The highest BCUT2D eigenvalue weighted by Crippen LogP contribution is 2.33. The summed E-state index contributed by atoms with van der Waals surface area (Å²) >= 11 is 0. The zero-order valence-electron chi connectivity index (χ0n) is 12.6. The number of nitrogen functional groups attached to an aromatic ring is 1. The Bertz CT molecular complexity index is 412. The Labute approximate surface area is 122 Å². The molecule has 0 unspecified atom stereocenters. The molecule has 3 rings (SSSR count). The van der Waals surface area contributed by atoms with Gasteiger partial charge in [0.1, 0.15) is 0 Å². The number of piperidine rings is 2. The zero-order chi connectivity index (χ0) is 13.9. The summed E-state index contributed by atoms with van der Waals surface area (Å²) in [5, 5.41) is 0. The van der Waals surface area contributed by atoms with Crippen molar-refractivity contribution < 1.29 is 0 Å². The quantitative estimate of drug-likeness (QED) is 0.841. The van der Waals surface area contributed by atoms with Crippen LogP contribution in [0, 0.1) is 11.8 Å². The first-order chi connectivity index (χ1) is 9.72. The molecule has 2 aliphatic heterocycles. The van der Waals surface area contributed by atoms with Crippen LogP contribution in [0.3, 0.4) is 0 Å². The van der Waals surface area contributed by atoms with Gasteiger partial charge >= 0.3 is 0 Å². The summed E-state index contributed by atoms with van der Waals surface area (Å²) in [6.45, 7) is 5.01. The Morgan fingerprint density at radius 2 is 1.35 bits per heavy atom. The van der Waals surface area contributed by atoms with Gasteiger partial charge in [0, 0.05) is 24.5 Å². The molecule has 0 radical (unpaired) electrons. The van der Waals surface area contributed by atoms with E-state index in [1.54, 1.807) is 0 Å². The molecule has 2 saturated heterocycles. The molecule has 1 aromatic rings. The predicted octanol–water partition coefficient (Wildman–Crippen LogP) is 2.83. The second kappa shape index (κ2) is 6.04. The molecule has 2 aliphatic rings. The van der Waals surface area contributed by atoms with E-state index in [1.807, 2.05) is 12.1 Å². The summed E-state index contributed by atoms with van der Waals surface area (Å²) in [5.41, 5.74) is 7.96. The van der Waals surface area contributed by atoms with E-state index in [0.717, 1.165) is 17.5 Å². The molecule has 0 saturated carbocycles. The van der Waals surface area contributed by atoms with Gasteiger partial charge < -0.3 is 15.5 Å². The molecular formula is C17H27N3. The third-order valence-electron chi connectivity index (χ3n) is 5.23. The lowest BCUT2D eigenvalue weighted by Crippen LogP contribution is -2.39. The number of likely N-dealkylation sites (tertiary alicyclic amines) is 1. The lowest BCUT2D eigenvalue weighted by molar-refractivity contribution is 0.154.